The molecule has 3 saturated heterocycles. The number of nitrogens with zero attached hydrogens (tertiary/aromatic N) is 7. The van der Waals surface area contributed by atoms with Crippen LogP contribution < -0.4 is 9.80 Å². The lowest BCUT2D eigenvalue weighted by atomic mass is 9.73. The molecule has 206 valence electrons. The van der Waals surface area contributed by atoms with E-state index in [2.05, 4.69) is 38.3 Å². The number of benzene rings is 2. The molecule has 2 aromatic heterocycles. The summed E-state index contributed by atoms with van der Waals surface area (Å²) in [5.41, 5.74) is 3.79. The number of likely N-dealkylation sites (tertiary alicyclic amines) is 1. The molecule has 0 radical (unpaired) electrons. The SMILES string of the molecule is C=CC(=O)N1CCN(c2nc(N3CC4(CN(C)C4)C3)nc3c(F)c(-c4c(C)ccc5[nH]cnc45)c(Cl)cc23)CC1. The lowest BCUT2D eigenvalue weighted by molar-refractivity contribution is -0.126. The molecule has 0 unspecified atom stereocenters. The van der Waals surface area contributed by atoms with Crippen molar-refractivity contribution in [2.24, 2.45) is 5.41 Å². The van der Waals surface area contributed by atoms with Gasteiger partial charge in [0.2, 0.25) is 11.9 Å². The number of aromatic nitrogens is 4. The van der Waals surface area contributed by atoms with Crippen LogP contribution in [0.4, 0.5) is 16.2 Å². The van der Waals surface area contributed by atoms with Crippen LogP contribution in [0.1, 0.15) is 5.56 Å². The summed E-state index contributed by atoms with van der Waals surface area (Å²) in [6, 6.07) is 5.64. The van der Waals surface area contributed by atoms with E-state index in [1.165, 1.54) is 6.08 Å². The van der Waals surface area contributed by atoms with Crippen molar-refractivity contribution in [3.8, 4) is 11.1 Å². The van der Waals surface area contributed by atoms with Gasteiger partial charge in [-0.25, -0.2) is 14.4 Å². The smallest absolute Gasteiger partial charge is 0.246 e. The molecule has 1 N–H and O–H groups in total. The van der Waals surface area contributed by atoms with E-state index in [1.807, 2.05) is 19.1 Å². The maximum Gasteiger partial charge on any atom is 0.246 e. The zero-order valence-electron chi connectivity index (χ0n) is 22.5. The Kier molecular flexibility index (Phi) is 5.76. The number of aromatic amines is 1. The van der Waals surface area contributed by atoms with Crippen molar-refractivity contribution in [1.82, 2.24) is 29.7 Å². The van der Waals surface area contributed by atoms with Crippen LogP contribution in [0.25, 0.3) is 33.1 Å². The number of imidazole rings is 1. The van der Waals surface area contributed by atoms with Crippen molar-refractivity contribution in [1.29, 1.82) is 0 Å². The fourth-order valence-electron chi connectivity index (χ4n) is 6.68. The summed E-state index contributed by atoms with van der Waals surface area (Å²) >= 11 is 6.86. The van der Waals surface area contributed by atoms with E-state index in [-0.39, 0.29) is 21.9 Å². The van der Waals surface area contributed by atoms with E-state index >= 15 is 4.39 Å². The van der Waals surface area contributed by atoms with Crippen LogP contribution in [0, 0.1) is 18.2 Å². The third kappa shape index (κ3) is 3.84. The van der Waals surface area contributed by atoms with Gasteiger partial charge in [-0.05, 0) is 37.7 Å². The van der Waals surface area contributed by atoms with Crippen LogP contribution in [0.3, 0.4) is 0 Å². The van der Waals surface area contributed by atoms with Crippen molar-refractivity contribution in [2.75, 3.05) is 69.2 Å². The van der Waals surface area contributed by atoms with E-state index in [1.54, 1.807) is 17.3 Å². The number of carbonyl (C=O) groups excluding carboxylic acids is 1. The van der Waals surface area contributed by atoms with Crippen molar-refractivity contribution in [2.45, 2.75) is 6.92 Å². The average molecular weight is 561 g/mol. The number of nitrogens with one attached hydrogen (secondary N) is 1. The summed E-state index contributed by atoms with van der Waals surface area (Å²) in [5, 5.41) is 0.839. The van der Waals surface area contributed by atoms with Gasteiger partial charge in [-0.2, -0.15) is 4.98 Å². The van der Waals surface area contributed by atoms with Gasteiger partial charge in [-0.15, -0.1) is 0 Å². The standard InChI is InChI=1S/C29H30ClFN8O/c1-4-21(40)37-7-9-38(10-8-37)27-18-11-19(30)23(22-17(2)5-6-20-26(22)33-16-32-20)24(31)25(18)34-28(35-27)39-14-29(15-39)12-36(3)13-29/h4-6,11,16H,1,7-10,12-15H2,2-3H3,(H,32,33). The number of carbonyl (C=O) groups is 1. The molecule has 1 amide bonds. The zero-order chi connectivity index (χ0) is 27.8. The van der Waals surface area contributed by atoms with E-state index in [0.717, 1.165) is 37.3 Å². The molecule has 11 heteroatoms. The minimum Gasteiger partial charge on any atom is -0.352 e. The van der Waals surface area contributed by atoms with Gasteiger partial charge in [0.1, 0.15) is 11.3 Å². The van der Waals surface area contributed by atoms with Gasteiger partial charge in [-0.3, -0.25) is 4.79 Å². The average Bonchev–Trinajstić information content (AvgIpc) is 3.39. The molecule has 9 nitrogen and oxygen atoms in total. The van der Waals surface area contributed by atoms with Gasteiger partial charge in [0.05, 0.1) is 22.4 Å². The number of aryl methyl sites for hydroxylation is 1. The summed E-state index contributed by atoms with van der Waals surface area (Å²) in [6.45, 7) is 11.5. The molecule has 4 aromatic rings. The highest BCUT2D eigenvalue weighted by Gasteiger charge is 2.51. The van der Waals surface area contributed by atoms with Gasteiger partial charge in [0.15, 0.2) is 5.82 Å². The molecule has 0 aliphatic carbocycles. The van der Waals surface area contributed by atoms with Crippen molar-refractivity contribution in [3.05, 3.63) is 53.6 Å². The Hall–Kier alpha value is -3.76. The first kappa shape index (κ1) is 25.2. The van der Waals surface area contributed by atoms with E-state index < -0.39 is 5.82 Å². The molecule has 3 aliphatic rings. The summed E-state index contributed by atoms with van der Waals surface area (Å²) < 4.78 is 16.7. The maximum absolute atomic E-state index is 16.7. The summed E-state index contributed by atoms with van der Waals surface area (Å²) in [7, 11) is 2.12. The van der Waals surface area contributed by atoms with E-state index in [4.69, 9.17) is 21.6 Å². The van der Waals surface area contributed by atoms with Crippen molar-refractivity contribution >= 4 is 51.2 Å². The van der Waals surface area contributed by atoms with Crippen LogP contribution in [0.5, 0.6) is 0 Å². The number of halogens is 2. The molecular formula is C29H30ClFN8O. The Labute approximate surface area is 236 Å². The molecule has 1 spiro atoms. The predicted molar refractivity (Wildman–Crippen MR) is 155 cm³/mol. The zero-order valence-corrected chi connectivity index (χ0v) is 23.3. The summed E-state index contributed by atoms with van der Waals surface area (Å²) in [6.07, 6.45) is 2.94. The topological polar surface area (TPSA) is 84.5 Å². The highest BCUT2D eigenvalue weighted by atomic mass is 35.5. The number of anilines is 2. The highest BCUT2D eigenvalue weighted by molar-refractivity contribution is 6.35. The number of hydrogen-bond acceptors (Lipinski definition) is 7. The number of fused-ring (bicyclic) bond motifs is 2. The highest BCUT2D eigenvalue weighted by Crippen LogP contribution is 2.44. The fourth-order valence-corrected chi connectivity index (χ4v) is 6.96. The first-order chi connectivity index (χ1) is 19.3. The van der Waals surface area contributed by atoms with Gasteiger partial charge < -0.3 is 24.6 Å². The number of rotatable bonds is 4. The molecular weight excluding hydrogens is 531 g/mol. The molecule has 40 heavy (non-hydrogen) atoms. The molecule has 0 saturated carbocycles. The molecule has 0 atom stereocenters. The molecule has 7 rings (SSSR count). The monoisotopic (exact) mass is 560 g/mol. The lowest BCUT2D eigenvalue weighted by Crippen LogP contribution is -2.71. The van der Waals surface area contributed by atoms with Crippen LogP contribution in [-0.4, -0.2) is 95.0 Å². The first-order valence-corrected chi connectivity index (χ1v) is 13.9. The minimum absolute atomic E-state index is 0.0918. The Morgan fingerprint density at radius 1 is 1.07 bits per heavy atom. The number of hydrogen-bond donors (Lipinski definition) is 1. The Morgan fingerprint density at radius 3 is 2.52 bits per heavy atom. The third-order valence-corrected chi connectivity index (χ3v) is 8.81. The Bertz CT molecular complexity index is 1680. The van der Waals surface area contributed by atoms with Crippen molar-refractivity contribution in [3.63, 3.8) is 0 Å². The lowest BCUT2D eigenvalue weighted by Gasteiger charge is -2.59. The second kappa shape index (κ2) is 9.14. The third-order valence-electron chi connectivity index (χ3n) is 8.51. The minimum atomic E-state index is -0.481. The predicted octanol–water partition coefficient (Wildman–Crippen LogP) is 3.86. The van der Waals surface area contributed by atoms with E-state index in [0.29, 0.717) is 60.0 Å². The largest absolute Gasteiger partial charge is 0.352 e. The normalized spacial score (nSPS) is 18.9. The van der Waals surface area contributed by atoms with Gasteiger partial charge >= 0.3 is 0 Å². The Balaban J connectivity index is 1.36. The number of H-pyrrole nitrogens is 1. The second-order valence-electron chi connectivity index (χ2n) is 11.4. The molecule has 5 heterocycles. The van der Waals surface area contributed by atoms with Gasteiger partial charge in [0, 0.05) is 74.3 Å². The number of piperazine rings is 1. The first-order valence-electron chi connectivity index (χ1n) is 13.5. The molecule has 0 bridgehead atoms. The van der Waals surface area contributed by atoms with Gasteiger partial charge in [0.25, 0.3) is 0 Å². The van der Waals surface area contributed by atoms with Crippen LogP contribution >= 0.6 is 11.6 Å². The van der Waals surface area contributed by atoms with Crippen molar-refractivity contribution < 1.29 is 9.18 Å². The van der Waals surface area contributed by atoms with Crippen LogP contribution in [0.15, 0.2) is 37.2 Å². The summed E-state index contributed by atoms with van der Waals surface area (Å²) in [5.74, 6) is 0.588. The van der Waals surface area contributed by atoms with Gasteiger partial charge in [-0.1, -0.05) is 24.2 Å². The number of amides is 1. The van der Waals surface area contributed by atoms with E-state index in [9.17, 15) is 4.79 Å². The Morgan fingerprint density at radius 2 is 1.82 bits per heavy atom. The quantitative estimate of drug-likeness (QED) is 0.379. The molecule has 3 aliphatic heterocycles. The molecule has 2 aromatic carbocycles. The maximum atomic E-state index is 16.7. The van der Waals surface area contributed by atoms with Crippen LogP contribution in [0.2, 0.25) is 5.02 Å². The fraction of sp³-hybridized carbons (Fsp3) is 0.379. The second-order valence-corrected chi connectivity index (χ2v) is 11.8. The molecule has 3 fully saturated rings. The van der Waals surface area contributed by atoms with Crippen LogP contribution in [-0.2, 0) is 4.79 Å². The summed E-state index contributed by atoms with van der Waals surface area (Å²) in [4.78, 5) is 37.9.